The molecule has 0 radical (unpaired) electrons. The number of nitrogens with one attached hydrogen (secondary N) is 1. The predicted octanol–water partition coefficient (Wildman–Crippen LogP) is 2.39. The number of nitrogens with two attached hydrogens (primary N) is 1. The average molecular weight is 276 g/mol. The minimum atomic E-state index is -0.00630. The van der Waals surface area contributed by atoms with Crippen LogP contribution >= 0.6 is 0 Å². The van der Waals surface area contributed by atoms with Gasteiger partial charge in [0.15, 0.2) is 0 Å². The number of ether oxygens (including phenoxy) is 1. The van der Waals surface area contributed by atoms with Gasteiger partial charge in [-0.1, -0.05) is 12.1 Å². The normalized spacial score (nSPS) is 23.9. The molecule has 0 saturated heterocycles. The Hall–Kier alpha value is -1.55. The number of hydrogen-bond acceptors (Lipinski definition) is 3. The molecule has 1 aliphatic rings. The van der Waals surface area contributed by atoms with Crippen LogP contribution in [-0.4, -0.2) is 19.1 Å². The van der Waals surface area contributed by atoms with Crippen molar-refractivity contribution in [2.24, 2.45) is 11.7 Å². The topological polar surface area (TPSA) is 64.3 Å². The van der Waals surface area contributed by atoms with E-state index in [0.717, 1.165) is 37.0 Å². The van der Waals surface area contributed by atoms with Crippen LogP contribution in [0.1, 0.15) is 44.2 Å². The Balaban J connectivity index is 1.93. The molecule has 0 aliphatic heterocycles. The Morgan fingerprint density at radius 1 is 1.35 bits per heavy atom. The Kier molecular flexibility index (Phi) is 5.01. The van der Waals surface area contributed by atoms with Gasteiger partial charge in [-0.3, -0.25) is 4.79 Å². The number of carbonyl (C=O) groups is 1. The molecule has 3 N–H and O–H groups in total. The smallest absolute Gasteiger partial charge is 0.223 e. The second-order valence-electron chi connectivity index (χ2n) is 5.62. The van der Waals surface area contributed by atoms with Gasteiger partial charge in [0.1, 0.15) is 5.75 Å². The molecule has 1 atom stereocenters. The summed E-state index contributed by atoms with van der Waals surface area (Å²) < 4.78 is 5.21. The van der Waals surface area contributed by atoms with Gasteiger partial charge in [0.2, 0.25) is 5.91 Å². The van der Waals surface area contributed by atoms with Crippen molar-refractivity contribution in [2.45, 2.75) is 44.7 Å². The Morgan fingerprint density at radius 2 is 2.05 bits per heavy atom. The molecule has 1 aromatic carbocycles. The van der Waals surface area contributed by atoms with Crippen molar-refractivity contribution < 1.29 is 9.53 Å². The van der Waals surface area contributed by atoms with Crippen LogP contribution in [0.5, 0.6) is 5.75 Å². The molecule has 20 heavy (non-hydrogen) atoms. The van der Waals surface area contributed by atoms with E-state index in [2.05, 4.69) is 5.32 Å². The molecule has 0 spiro atoms. The fourth-order valence-corrected chi connectivity index (χ4v) is 2.71. The van der Waals surface area contributed by atoms with E-state index in [0.29, 0.717) is 0 Å². The van der Waals surface area contributed by atoms with Crippen LogP contribution in [0.15, 0.2) is 24.3 Å². The van der Waals surface area contributed by atoms with Crippen LogP contribution in [0.2, 0.25) is 0 Å². The summed E-state index contributed by atoms with van der Waals surface area (Å²) in [5.41, 5.74) is 6.94. The minimum Gasteiger partial charge on any atom is -0.497 e. The van der Waals surface area contributed by atoms with Gasteiger partial charge in [-0.2, -0.15) is 0 Å². The van der Waals surface area contributed by atoms with E-state index in [-0.39, 0.29) is 23.9 Å². The fraction of sp³-hybridized carbons (Fsp3) is 0.562. The lowest BCUT2D eigenvalue weighted by atomic mass is 9.85. The fourth-order valence-electron chi connectivity index (χ4n) is 2.71. The molecular formula is C16H24N2O2. The summed E-state index contributed by atoms with van der Waals surface area (Å²) in [4.78, 5) is 12.3. The van der Waals surface area contributed by atoms with Gasteiger partial charge in [-0.15, -0.1) is 0 Å². The molecule has 1 aliphatic carbocycles. The highest BCUT2D eigenvalue weighted by Gasteiger charge is 2.25. The maximum Gasteiger partial charge on any atom is 0.223 e. The predicted molar refractivity (Wildman–Crippen MR) is 79.5 cm³/mol. The third-order valence-electron chi connectivity index (χ3n) is 4.10. The second-order valence-corrected chi connectivity index (χ2v) is 5.62. The first-order chi connectivity index (χ1) is 9.60. The molecule has 2 rings (SSSR count). The lowest BCUT2D eigenvalue weighted by Crippen LogP contribution is -2.37. The molecule has 1 amide bonds. The lowest BCUT2D eigenvalue weighted by Gasteiger charge is -2.26. The van der Waals surface area contributed by atoms with E-state index in [1.54, 1.807) is 7.11 Å². The van der Waals surface area contributed by atoms with Crippen molar-refractivity contribution in [1.29, 1.82) is 0 Å². The molecule has 110 valence electrons. The van der Waals surface area contributed by atoms with Crippen LogP contribution in [0.3, 0.4) is 0 Å². The highest BCUT2D eigenvalue weighted by molar-refractivity contribution is 5.79. The summed E-state index contributed by atoms with van der Waals surface area (Å²) in [6, 6.07) is 8.08. The largest absolute Gasteiger partial charge is 0.497 e. The molecule has 1 saturated carbocycles. The van der Waals surface area contributed by atoms with Crippen LogP contribution in [0.25, 0.3) is 0 Å². The SMILES string of the molecule is COc1cccc(C(C)NC(=O)C2CCC(N)CC2)c1. The molecule has 0 bridgehead atoms. The first kappa shape index (κ1) is 14.9. The summed E-state index contributed by atoms with van der Waals surface area (Å²) >= 11 is 0. The number of rotatable bonds is 4. The average Bonchev–Trinajstić information content (AvgIpc) is 2.47. The lowest BCUT2D eigenvalue weighted by molar-refractivity contribution is -0.126. The number of benzene rings is 1. The number of amides is 1. The van der Waals surface area contributed by atoms with Crippen LogP contribution < -0.4 is 15.8 Å². The quantitative estimate of drug-likeness (QED) is 0.887. The van der Waals surface area contributed by atoms with E-state index >= 15 is 0 Å². The van der Waals surface area contributed by atoms with E-state index < -0.39 is 0 Å². The van der Waals surface area contributed by atoms with Crippen molar-refractivity contribution in [3.63, 3.8) is 0 Å². The first-order valence-corrected chi connectivity index (χ1v) is 7.30. The maximum absolute atomic E-state index is 12.3. The molecule has 0 aromatic heterocycles. The van der Waals surface area contributed by atoms with E-state index in [9.17, 15) is 4.79 Å². The molecule has 1 fully saturated rings. The van der Waals surface area contributed by atoms with Crippen LogP contribution in [0.4, 0.5) is 0 Å². The minimum absolute atomic E-state index is 0.00630. The Bertz CT molecular complexity index is 454. The van der Waals surface area contributed by atoms with Gasteiger partial charge in [-0.05, 0) is 50.3 Å². The van der Waals surface area contributed by atoms with E-state index in [1.165, 1.54) is 0 Å². The van der Waals surface area contributed by atoms with Crippen LogP contribution in [0, 0.1) is 5.92 Å². The molecular weight excluding hydrogens is 252 g/mol. The van der Waals surface area contributed by atoms with Gasteiger partial charge in [-0.25, -0.2) is 0 Å². The highest BCUT2D eigenvalue weighted by atomic mass is 16.5. The van der Waals surface area contributed by atoms with Gasteiger partial charge in [0.05, 0.1) is 13.2 Å². The zero-order chi connectivity index (χ0) is 14.5. The molecule has 0 heterocycles. The standard InChI is InChI=1S/C16H24N2O2/c1-11(13-4-3-5-15(10-13)20-2)18-16(19)12-6-8-14(17)9-7-12/h3-5,10-12,14H,6-9,17H2,1-2H3,(H,18,19). The number of carbonyl (C=O) groups excluding carboxylic acids is 1. The van der Waals surface area contributed by atoms with Crippen molar-refractivity contribution in [1.82, 2.24) is 5.32 Å². The molecule has 1 aromatic rings. The zero-order valence-electron chi connectivity index (χ0n) is 12.3. The molecule has 4 nitrogen and oxygen atoms in total. The van der Waals surface area contributed by atoms with Crippen molar-refractivity contribution in [3.8, 4) is 5.75 Å². The number of hydrogen-bond donors (Lipinski definition) is 2. The Morgan fingerprint density at radius 3 is 2.70 bits per heavy atom. The summed E-state index contributed by atoms with van der Waals surface area (Å²) in [6.45, 7) is 2.00. The summed E-state index contributed by atoms with van der Waals surface area (Å²) in [6.07, 6.45) is 3.70. The number of methoxy groups -OCH3 is 1. The summed E-state index contributed by atoms with van der Waals surface area (Å²) in [7, 11) is 1.65. The third kappa shape index (κ3) is 3.73. The van der Waals surface area contributed by atoms with Gasteiger partial charge in [0, 0.05) is 12.0 Å². The van der Waals surface area contributed by atoms with E-state index in [4.69, 9.17) is 10.5 Å². The first-order valence-electron chi connectivity index (χ1n) is 7.30. The van der Waals surface area contributed by atoms with Crippen molar-refractivity contribution >= 4 is 5.91 Å². The monoisotopic (exact) mass is 276 g/mol. The second kappa shape index (κ2) is 6.75. The third-order valence-corrected chi connectivity index (χ3v) is 4.10. The van der Waals surface area contributed by atoms with Crippen LogP contribution in [-0.2, 0) is 4.79 Å². The van der Waals surface area contributed by atoms with Gasteiger partial charge < -0.3 is 15.8 Å². The van der Waals surface area contributed by atoms with Gasteiger partial charge >= 0.3 is 0 Å². The zero-order valence-corrected chi connectivity index (χ0v) is 12.3. The summed E-state index contributed by atoms with van der Waals surface area (Å²) in [5, 5.41) is 3.10. The highest BCUT2D eigenvalue weighted by Crippen LogP contribution is 2.25. The van der Waals surface area contributed by atoms with E-state index in [1.807, 2.05) is 31.2 Å². The van der Waals surface area contributed by atoms with Crippen molar-refractivity contribution in [2.75, 3.05) is 7.11 Å². The molecule has 1 unspecified atom stereocenters. The summed E-state index contributed by atoms with van der Waals surface area (Å²) in [5.74, 6) is 1.07. The van der Waals surface area contributed by atoms with Crippen molar-refractivity contribution in [3.05, 3.63) is 29.8 Å². The molecule has 4 heteroatoms. The maximum atomic E-state index is 12.3. The van der Waals surface area contributed by atoms with Gasteiger partial charge in [0.25, 0.3) is 0 Å². The Labute approximate surface area is 120 Å².